The molecule has 1 heteroatoms. The van der Waals surface area contributed by atoms with Gasteiger partial charge in [0, 0.05) is 13.1 Å². The van der Waals surface area contributed by atoms with Gasteiger partial charge in [0.25, 0.3) is 0 Å². The minimum absolute atomic E-state index is 0.557. The van der Waals surface area contributed by atoms with Gasteiger partial charge in [-0.05, 0) is 41.4 Å². The molecule has 0 aliphatic heterocycles. The first-order valence-electron chi connectivity index (χ1n) is 7.67. The number of rotatable bonds is 6. The molecular formula is C19H23N. The van der Waals surface area contributed by atoms with Crippen LogP contribution in [0.3, 0.4) is 0 Å². The van der Waals surface area contributed by atoms with Gasteiger partial charge >= 0.3 is 0 Å². The van der Waals surface area contributed by atoms with Gasteiger partial charge in [-0.2, -0.15) is 0 Å². The van der Waals surface area contributed by atoms with E-state index in [0.717, 1.165) is 19.0 Å². The summed E-state index contributed by atoms with van der Waals surface area (Å²) in [5, 5.41) is 3.56. The first kappa shape index (κ1) is 13.4. The first-order chi connectivity index (χ1) is 9.83. The molecule has 1 unspecified atom stereocenters. The summed E-state index contributed by atoms with van der Waals surface area (Å²) in [5.41, 5.74) is 4.31. The van der Waals surface area contributed by atoms with E-state index in [2.05, 4.69) is 66.8 Å². The van der Waals surface area contributed by atoms with Crippen molar-refractivity contribution < 1.29 is 0 Å². The van der Waals surface area contributed by atoms with Crippen molar-refractivity contribution >= 4 is 0 Å². The number of hydrogen-bond acceptors (Lipinski definition) is 1. The van der Waals surface area contributed by atoms with Crippen molar-refractivity contribution in [3.8, 4) is 0 Å². The summed E-state index contributed by atoms with van der Waals surface area (Å²) < 4.78 is 0. The zero-order valence-electron chi connectivity index (χ0n) is 12.2. The molecule has 1 N–H and O–H groups in total. The van der Waals surface area contributed by atoms with Gasteiger partial charge < -0.3 is 5.32 Å². The highest BCUT2D eigenvalue weighted by Gasteiger charge is 2.22. The van der Waals surface area contributed by atoms with Crippen LogP contribution in [0.15, 0.2) is 54.6 Å². The summed E-state index contributed by atoms with van der Waals surface area (Å²) >= 11 is 0. The van der Waals surface area contributed by atoms with Crippen LogP contribution in [0.25, 0.3) is 0 Å². The highest BCUT2D eigenvalue weighted by Crippen LogP contribution is 2.39. The maximum Gasteiger partial charge on any atom is 0.0205 e. The Kier molecular flexibility index (Phi) is 4.17. The second-order valence-corrected chi connectivity index (χ2v) is 5.96. The van der Waals surface area contributed by atoms with E-state index >= 15 is 0 Å². The molecule has 0 heterocycles. The molecule has 0 radical (unpaired) electrons. The number of hydrogen-bond donors (Lipinski definition) is 1. The molecule has 0 spiro atoms. The third-order valence-corrected chi connectivity index (χ3v) is 4.18. The Morgan fingerprint density at radius 1 is 1.00 bits per heavy atom. The molecular weight excluding hydrogens is 242 g/mol. The van der Waals surface area contributed by atoms with Crippen LogP contribution in [-0.4, -0.2) is 6.54 Å². The molecule has 20 heavy (non-hydrogen) atoms. The summed E-state index contributed by atoms with van der Waals surface area (Å²) in [6.07, 6.45) is 2.76. The fraction of sp³-hybridized carbons (Fsp3) is 0.368. The van der Waals surface area contributed by atoms with Crippen molar-refractivity contribution in [1.82, 2.24) is 5.32 Å². The Bertz CT molecular complexity index is 525. The molecule has 3 rings (SSSR count). The Hall–Kier alpha value is -1.60. The largest absolute Gasteiger partial charge is 0.312 e. The fourth-order valence-electron chi connectivity index (χ4n) is 2.66. The monoisotopic (exact) mass is 265 g/mol. The average Bonchev–Trinajstić information content (AvgIpc) is 3.33. The van der Waals surface area contributed by atoms with Crippen LogP contribution >= 0.6 is 0 Å². The molecule has 0 aromatic heterocycles. The van der Waals surface area contributed by atoms with Crippen LogP contribution < -0.4 is 5.32 Å². The smallest absolute Gasteiger partial charge is 0.0205 e. The van der Waals surface area contributed by atoms with Crippen molar-refractivity contribution in [2.45, 2.75) is 38.1 Å². The summed E-state index contributed by atoms with van der Waals surface area (Å²) in [7, 11) is 0. The van der Waals surface area contributed by atoms with E-state index in [9.17, 15) is 0 Å². The topological polar surface area (TPSA) is 12.0 Å². The van der Waals surface area contributed by atoms with Crippen molar-refractivity contribution in [3.63, 3.8) is 0 Å². The number of benzene rings is 2. The van der Waals surface area contributed by atoms with Crippen LogP contribution in [0.5, 0.6) is 0 Å². The molecule has 0 bridgehead atoms. The molecule has 2 aromatic rings. The standard InChI is InChI=1S/C19H23N/c1-15(17-5-3-2-4-6-17)13-20-14-16-7-9-18(10-8-16)19-11-12-19/h2-10,15,19-20H,11-14H2,1H3. The Labute approximate surface area is 122 Å². The molecule has 104 valence electrons. The maximum atomic E-state index is 3.56. The van der Waals surface area contributed by atoms with Crippen molar-refractivity contribution in [2.24, 2.45) is 0 Å². The predicted octanol–water partition coefficient (Wildman–Crippen LogP) is 4.46. The predicted molar refractivity (Wildman–Crippen MR) is 85.0 cm³/mol. The molecule has 1 aliphatic rings. The lowest BCUT2D eigenvalue weighted by Crippen LogP contribution is -2.19. The Morgan fingerprint density at radius 2 is 1.70 bits per heavy atom. The van der Waals surface area contributed by atoms with Crippen LogP contribution in [-0.2, 0) is 6.54 Å². The van der Waals surface area contributed by atoms with E-state index in [-0.39, 0.29) is 0 Å². The first-order valence-corrected chi connectivity index (χ1v) is 7.67. The Morgan fingerprint density at radius 3 is 2.35 bits per heavy atom. The minimum atomic E-state index is 0.557. The van der Waals surface area contributed by atoms with E-state index in [1.54, 1.807) is 0 Å². The zero-order valence-corrected chi connectivity index (χ0v) is 12.2. The normalized spacial score (nSPS) is 16.1. The molecule has 1 saturated carbocycles. The minimum Gasteiger partial charge on any atom is -0.312 e. The third-order valence-electron chi connectivity index (χ3n) is 4.18. The third kappa shape index (κ3) is 3.49. The van der Waals surface area contributed by atoms with Crippen LogP contribution in [0, 0.1) is 0 Å². The van der Waals surface area contributed by atoms with E-state index in [4.69, 9.17) is 0 Å². The van der Waals surface area contributed by atoms with E-state index < -0.39 is 0 Å². The van der Waals surface area contributed by atoms with Gasteiger partial charge in [-0.3, -0.25) is 0 Å². The van der Waals surface area contributed by atoms with Crippen LogP contribution in [0.2, 0.25) is 0 Å². The van der Waals surface area contributed by atoms with Gasteiger partial charge in [0.1, 0.15) is 0 Å². The van der Waals surface area contributed by atoms with E-state index in [0.29, 0.717) is 5.92 Å². The van der Waals surface area contributed by atoms with Gasteiger partial charge in [0.15, 0.2) is 0 Å². The molecule has 1 nitrogen and oxygen atoms in total. The SMILES string of the molecule is CC(CNCc1ccc(C2CC2)cc1)c1ccccc1. The lowest BCUT2D eigenvalue weighted by Gasteiger charge is -2.13. The van der Waals surface area contributed by atoms with Crippen molar-refractivity contribution in [2.75, 3.05) is 6.54 Å². The second-order valence-electron chi connectivity index (χ2n) is 5.96. The van der Waals surface area contributed by atoms with Gasteiger partial charge in [0.2, 0.25) is 0 Å². The molecule has 1 fully saturated rings. The fourth-order valence-corrected chi connectivity index (χ4v) is 2.66. The van der Waals surface area contributed by atoms with E-state index in [1.807, 2.05) is 0 Å². The van der Waals surface area contributed by atoms with E-state index in [1.165, 1.54) is 29.5 Å². The summed E-state index contributed by atoms with van der Waals surface area (Å²) in [6, 6.07) is 19.9. The van der Waals surface area contributed by atoms with Crippen LogP contribution in [0.1, 0.15) is 48.3 Å². The molecule has 1 aliphatic carbocycles. The zero-order chi connectivity index (χ0) is 13.8. The van der Waals surface area contributed by atoms with Crippen molar-refractivity contribution in [3.05, 3.63) is 71.3 Å². The molecule has 0 amide bonds. The summed E-state index contributed by atoms with van der Waals surface area (Å²) in [4.78, 5) is 0. The van der Waals surface area contributed by atoms with Gasteiger partial charge in [0.05, 0.1) is 0 Å². The lowest BCUT2D eigenvalue weighted by molar-refractivity contribution is 0.615. The molecule has 2 aromatic carbocycles. The van der Waals surface area contributed by atoms with Crippen molar-refractivity contribution in [1.29, 1.82) is 0 Å². The quantitative estimate of drug-likeness (QED) is 0.813. The van der Waals surface area contributed by atoms with Crippen LogP contribution in [0.4, 0.5) is 0 Å². The van der Waals surface area contributed by atoms with Gasteiger partial charge in [-0.1, -0.05) is 61.5 Å². The maximum absolute atomic E-state index is 3.56. The van der Waals surface area contributed by atoms with Gasteiger partial charge in [-0.15, -0.1) is 0 Å². The summed E-state index contributed by atoms with van der Waals surface area (Å²) in [6.45, 7) is 4.26. The second kappa shape index (κ2) is 6.23. The summed E-state index contributed by atoms with van der Waals surface area (Å²) in [5.74, 6) is 1.41. The average molecular weight is 265 g/mol. The van der Waals surface area contributed by atoms with Gasteiger partial charge in [-0.25, -0.2) is 0 Å². The molecule has 0 saturated heterocycles. The Balaban J connectivity index is 1.47. The highest BCUT2D eigenvalue weighted by molar-refractivity contribution is 5.28. The molecule has 1 atom stereocenters. The highest BCUT2D eigenvalue weighted by atomic mass is 14.9. The lowest BCUT2D eigenvalue weighted by atomic mass is 10.0. The number of nitrogens with one attached hydrogen (secondary N) is 1.